The number of carbonyl (C=O) groups excluding carboxylic acids is 1. The topological polar surface area (TPSA) is 76.4 Å². The summed E-state index contributed by atoms with van der Waals surface area (Å²) in [7, 11) is 0. The van der Waals surface area contributed by atoms with Gasteiger partial charge in [-0.15, -0.1) is 0 Å². The van der Waals surface area contributed by atoms with Gasteiger partial charge < -0.3 is 19.9 Å². The summed E-state index contributed by atoms with van der Waals surface area (Å²) in [4.78, 5) is 12.0. The Hall–Kier alpha value is -2.41. The van der Waals surface area contributed by atoms with E-state index in [1.165, 1.54) is 0 Å². The largest absolute Gasteiger partial charge is 0.488 e. The van der Waals surface area contributed by atoms with Crippen LogP contribution in [0.15, 0.2) is 22.7 Å². The third-order valence-electron chi connectivity index (χ3n) is 4.94. The van der Waals surface area contributed by atoms with E-state index < -0.39 is 11.6 Å². The van der Waals surface area contributed by atoms with Crippen molar-refractivity contribution < 1.29 is 18.4 Å². The molecule has 2 fully saturated rings. The summed E-state index contributed by atoms with van der Waals surface area (Å²) in [6.45, 7) is 5.42. The zero-order chi connectivity index (χ0) is 18.3. The Kier molecular flexibility index (Phi) is 4.19. The van der Waals surface area contributed by atoms with Gasteiger partial charge in [-0.1, -0.05) is 5.16 Å². The summed E-state index contributed by atoms with van der Waals surface area (Å²) in [6, 6.07) is 5.35. The third-order valence-corrected chi connectivity index (χ3v) is 4.94. The minimum Gasteiger partial charge on any atom is -0.488 e. The van der Waals surface area contributed by atoms with Gasteiger partial charge in [0.1, 0.15) is 17.6 Å². The molecule has 2 N–H and O–H groups in total. The first-order valence-corrected chi connectivity index (χ1v) is 8.91. The van der Waals surface area contributed by atoms with Crippen molar-refractivity contribution in [3.63, 3.8) is 0 Å². The maximum absolute atomic E-state index is 14.0. The molecule has 1 aromatic carbocycles. The highest BCUT2D eigenvalue weighted by atomic mass is 19.1. The zero-order valence-corrected chi connectivity index (χ0v) is 14.9. The van der Waals surface area contributed by atoms with E-state index in [4.69, 9.17) is 9.26 Å². The predicted molar refractivity (Wildman–Crippen MR) is 95.0 cm³/mol. The summed E-state index contributed by atoms with van der Waals surface area (Å²) < 4.78 is 25.4. The van der Waals surface area contributed by atoms with Crippen LogP contribution in [0, 0.1) is 13.8 Å². The number of aromatic nitrogens is 1. The Morgan fingerprint density at radius 2 is 2.23 bits per heavy atom. The zero-order valence-electron chi connectivity index (χ0n) is 14.9. The molecule has 1 saturated heterocycles. The standard InChI is InChI=1S/C19H22FN3O3/c1-11-17(12(2)26-23-11)15-9-13(22-18(24)19(20)6-7-19)3-4-16(15)25-14-5-8-21-10-14/h3-4,9,14,21H,5-8,10H2,1-2H3,(H,22,24). The molecular formula is C19H22FN3O3. The number of ether oxygens (including phenoxy) is 1. The van der Waals surface area contributed by atoms with Crippen LogP contribution in [0.4, 0.5) is 10.1 Å². The molecule has 7 heteroatoms. The smallest absolute Gasteiger partial charge is 0.262 e. The predicted octanol–water partition coefficient (Wildman–Crippen LogP) is 3.14. The molecule has 4 rings (SSSR count). The molecule has 1 amide bonds. The average Bonchev–Trinajstić information content (AvgIpc) is 3.02. The second-order valence-electron chi connectivity index (χ2n) is 7.06. The van der Waals surface area contributed by atoms with E-state index in [9.17, 15) is 9.18 Å². The van der Waals surface area contributed by atoms with Gasteiger partial charge in [0.05, 0.1) is 11.3 Å². The summed E-state index contributed by atoms with van der Waals surface area (Å²) >= 11 is 0. The van der Waals surface area contributed by atoms with E-state index in [2.05, 4.69) is 15.8 Å². The number of benzene rings is 1. The van der Waals surface area contributed by atoms with Crippen LogP contribution in [0.3, 0.4) is 0 Å². The molecule has 1 unspecified atom stereocenters. The van der Waals surface area contributed by atoms with E-state index in [0.717, 1.165) is 36.3 Å². The van der Waals surface area contributed by atoms with E-state index in [-0.39, 0.29) is 18.9 Å². The Bertz CT molecular complexity index is 819. The number of halogens is 1. The lowest BCUT2D eigenvalue weighted by atomic mass is 10.0. The Labute approximate surface area is 151 Å². The average molecular weight is 359 g/mol. The first-order chi connectivity index (χ1) is 12.5. The maximum Gasteiger partial charge on any atom is 0.262 e. The normalized spacial score (nSPS) is 20.8. The van der Waals surface area contributed by atoms with Crippen molar-refractivity contribution in [3.05, 3.63) is 29.7 Å². The number of nitrogens with zero attached hydrogens (tertiary/aromatic N) is 1. The molecular weight excluding hydrogens is 337 g/mol. The first-order valence-electron chi connectivity index (χ1n) is 8.91. The fourth-order valence-corrected chi connectivity index (χ4v) is 3.26. The van der Waals surface area contributed by atoms with Crippen molar-refractivity contribution in [2.24, 2.45) is 0 Å². The van der Waals surface area contributed by atoms with Crippen molar-refractivity contribution in [1.82, 2.24) is 10.5 Å². The van der Waals surface area contributed by atoms with Crippen LogP contribution in [0.25, 0.3) is 11.1 Å². The fraction of sp³-hybridized carbons (Fsp3) is 0.474. The Morgan fingerprint density at radius 3 is 2.85 bits per heavy atom. The lowest BCUT2D eigenvalue weighted by Crippen LogP contribution is -2.25. The number of rotatable bonds is 5. The van der Waals surface area contributed by atoms with Crippen LogP contribution >= 0.6 is 0 Å². The molecule has 1 aliphatic carbocycles. The minimum atomic E-state index is -1.71. The van der Waals surface area contributed by atoms with Crippen LogP contribution in [0.2, 0.25) is 0 Å². The summed E-state index contributed by atoms with van der Waals surface area (Å²) in [5.74, 6) is 0.785. The van der Waals surface area contributed by atoms with Gasteiger partial charge in [-0.2, -0.15) is 0 Å². The van der Waals surface area contributed by atoms with Crippen molar-refractivity contribution >= 4 is 11.6 Å². The SMILES string of the molecule is Cc1noc(C)c1-c1cc(NC(=O)C2(F)CC2)ccc1OC1CCNC1. The molecule has 138 valence electrons. The molecule has 6 nitrogen and oxygen atoms in total. The lowest BCUT2D eigenvalue weighted by Gasteiger charge is -2.18. The number of hydrogen-bond donors (Lipinski definition) is 2. The molecule has 0 spiro atoms. The van der Waals surface area contributed by atoms with Crippen molar-refractivity contribution in [3.8, 4) is 16.9 Å². The Morgan fingerprint density at radius 1 is 1.42 bits per heavy atom. The second-order valence-corrected chi connectivity index (χ2v) is 7.06. The van der Waals surface area contributed by atoms with E-state index >= 15 is 0 Å². The van der Waals surface area contributed by atoms with Gasteiger partial charge in [-0.3, -0.25) is 4.79 Å². The monoisotopic (exact) mass is 359 g/mol. The number of aryl methyl sites for hydroxylation is 2. The van der Waals surface area contributed by atoms with Gasteiger partial charge in [0.15, 0.2) is 5.67 Å². The summed E-state index contributed by atoms with van der Waals surface area (Å²) in [5, 5.41) is 9.96. The van der Waals surface area contributed by atoms with E-state index in [1.807, 2.05) is 19.9 Å². The third kappa shape index (κ3) is 3.19. The van der Waals surface area contributed by atoms with Crippen LogP contribution in [-0.4, -0.2) is 35.9 Å². The van der Waals surface area contributed by atoms with E-state index in [1.54, 1.807) is 12.1 Å². The quantitative estimate of drug-likeness (QED) is 0.858. The van der Waals surface area contributed by atoms with Crippen LogP contribution in [0.1, 0.15) is 30.7 Å². The number of hydrogen-bond acceptors (Lipinski definition) is 5. The van der Waals surface area contributed by atoms with Gasteiger partial charge in [0.25, 0.3) is 5.91 Å². The first kappa shape index (κ1) is 17.0. The van der Waals surface area contributed by atoms with Crippen molar-refractivity contribution in [1.29, 1.82) is 0 Å². The van der Waals surface area contributed by atoms with Crippen LogP contribution in [0.5, 0.6) is 5.75 Å². The highest BCUT2D eigenvalue weighted by Crippen LogP contribution is 2.42. The van der Waals surface area contributed by atoms with Crippen molar-refractivity contribution in [2.75, 3.05) is 18.4 Å². The molecule has 2 heterocycles. The minimum absolute atomic E-state index is 0.0928. The Balaban J connectivity index is 1.68. The molecule has 1 saturated carbocycles. The molecule has 1 aliphatic heterocycles. The van der Waals surface area contributed by atoms with Gasteiger partial charge in [-0.05, 0) is 57.9 Å². The van der Waals surface area contributed by atoms with Crippen molar-refractivity contribution in [2.45, 2.75) is 44.9 Å². The van der Waals surface area contributed by atoms with Gasteiger partial charge >= 0.3 is 0 Å². The molecule has 1 atom stereocenters. The second kappa shape index (κ2) is 6.39. The van der Waals surface area contributed by atoms with E-state index in [0.29, 0.717) is 17.2 Å². The molecule has 2 aromatic rings. The number of carbonyl (C=O) groups is 1. The molecule has 0 radical (unpaired) electrons. The van der Waals surface area contributed by atoms with Gasteiger partial charge in [0, 0.05) is 17.8 Å². The number of anilines is 1. The number of nitrogens with one attached hydrogen (secondary N) is 2. The molecule has 26 heavy (non-hydrogen) atoms. The number of amides is 1. The highest BCUT2D eigenvalue weighted by molar-refractivity contribution is 6.00. The molecule has 2 aliphatic rings. The van der Waals surface area contributed by atoms with Crippen LogP contribution < -0.4 is 15.4 Å². The van der Waals surface area contributed by atoms with Gasteiger partial charge in [-0.25, -0.2) is 4.39 Å². The van der Waals surface area contributed by atoms with Crippen LogP contribution in [-0.2, 0) is 4.79 Å². The summed E-state index contributed by atoms with van der Waals surface area (Å²) in [6.07, 6.45) is 1.59. The van der Waals surface area contributed by atoms with Gasteiger partial charge in [0.2, 0.25) is 0 Å². The number of alkyl halides is 1. The lowest BCUT2D eigenvalue weighted by molar-refractivity contribution is -0.122. The maximum atomic E-state index is 14.0. The highest BCUT2D eigenvalue weighted by Gasteiger charge is 2.50. The molecule has 0 bridgehead atoms. The molecule has 1 aromatic heterocycles. The summed E-state index contributed by atoms with van der Waals surface area (Å²) in [5.41, 5.74) is 1.18. The fourth-order valence-electron chi connectivity index (χ4n) is 3.26.